The summed E-state index contributed by atoms with van der Waals surface area (Å²) in [6.45, 7) is 8.45. The van der Waals surface area contributed by atoms with Crippen molar-refractivity contribution >= 4 is 23.9 Å². The second kappa shape index (κ2) is 21.5. The van der Waals surface area contributed by atoms with Gasteiger partial charge in [-0.25, -0.2) is 28.0 Å². The summed E-state index contributed by atoms with van der Waals surface area (Å²) < 4.78 is 86.8. The Kier molecular flexibility index (Phi) is 16.0. The molecule has 0 spiro atoms. The van der Waals surface area contributed by atoms with Crippen LogP contribution in [-0.2, 0) is 19.1 Å². The van der Waals surface area contributed by atoms with Crippen LogP contribution in [0.4, 0.5) is 17.6 Å². The molecule has 0 unspecified atom stereocenters. The number of benzene rings is 4. The Morgan fingerprint density at radius 3 is 1.25 bits per heavy atom. The first-order chi connectivity index (χ1) is 28.8. The Balaban J connectivity index is 1.07. The molecule has 0 fully saturated rings. The van der Waals surface area contributed by atoms with Gasteiger partial charge >= 0.3 is 23.9 Å². The van der Waals surface area contributed by atoms with Crippen molar-refractivity contribution in [3.05, 3.63) is 131 Å². The number of hydrogen-bond acceptors (Lipinski definition) is 10. The van der Waals surface area contributed by atoms with Crippen molar-refractivity contribution in [2.24, 2.45) is 0 Å². The number of unbranched alkanes of at least 4 members (excludes halogenated alkanes) is 6. The Labute approximate surface area is 344 Å². The first-order valence-corrected chi connectivity index (χ1v) is 19.4. The van der Waals surface area contributed by atoms with Crippen molar-refractivity contribution in [3.8, 4) is 34.1 Å². The van der Waals surface area contributed by atoms with Crippen LogP contribution in [-0.4, -0.2) is 50.3 Å². The molecule has 5 rings (SSSR count). The summed E-state index contributed by atoms with van der Waals surface area (Å²) in [6, 6.07) is 17.9. The third kappa shape index (κ3) is 12.3. The van der Waals surface area contributed by atoms with Crippen LogP contribution in [0.1, 0.15) is 96.1 Å². The molecule has 0 aromatic heterocycles. The van der Waals surface area contributed by atoms with E-state index >= 15 is 0 Å². The van der Waals surface area contributed by atoms with E-state index in [0.717, 1.165) is 47.2 Å². The summed E-state index contributed by atoms with van der Waals surface area (Å²) in [7, 11) is 0. The number of fused-ring (bicyclic) bond motifs is 3. The number of esters is 4. The molecule has 0 N–H and O–H groups in total. The Hall–Kier alpha value is -6.44. The average molecular weight is 833 g/mol. The van der Waals surface area contributed by atoms with Crippen molar-refractivity contribution in [3.63, 3.8) is 0 Å². The third-order valence-corrected chi connectivity index (χ3v) is 9.54. The third-order valence-electron chi connectivity index (χ3n) is 9.54. The van der Waals surface area contributed by atoms with E-state index < -0.39 is 47.2 Å². The highest BCUT2D eigenvalue weighted by Gasteiger charge is 2.28. The van der Waals surface area contributed by atoms with Gasteiger partial charge in [-0.2, -0.15) is 8.78 Å². The van der Waals surface area contributed by atoms with Crippen LogP contribution >= 0.6 is 0 Å². The van der Waals surface area contributed by atoms with Gasteiger partial charge in [-0.15, -0.1) is 0 Å². The summed E-state index contributed by atoms with van der Waals surface area (Å²) in [5.74, 6) is -7.12. The average Bonchev–Trinajstić information content (AvgIpc) is 3.49. The lowest BCUT2D eigenvalue weighted by Crippen LogP contribution is -2.11. The van der Waals surface area contributed by atoms with E-state index in [-0.39, 0.29) is 53.3 Å². The predicted molar refractivity (Wildman–Crippen MR) is 212 cm³/mol. The van der Waals surface area contributed by atoms with Crippen molar-refractivity contribution in [1.82, 2.24) is 0 Å². The smallest absolute Gasteiger partial charge is 0.366 e. The van der Waals surface area contributed by atoms with E-state index in [9.17, 15) is 36.7 Å². The maximum atomic E-state index is 15.0. The lowest BCUT2D eigenvalue weighted by Gasteiger charge is -2.11. The predicted octanol–water partition coefficient (Wildman–Crippen LogP) is 10.5. The fraction of sp³-hybridized carbons (Fsp3) is 0.304. The molecule has 316 valence electrons. The van der Waals surface area contributed by atoms with Gasteiger partial charge in [-0.3, -0.25) is 0 Å². The molecule has 0 heterocycles. The molecule has 0 saturated carbocycles. The van der Waals surface area contributed by atoms with Crippen molar-refractivity contribution < 1.29 is 65.2 Å². The molecule has 60 heavy (non-hydrogen) atoms. The molecule has 1 aliphatic rings. The van der Waals surface area contributed by atoms with E-state index in [2.05, 4.69) is 13.2 Å². The number of carbonyl (C=O) groups excluding carboxylic acids is 4. The highest BCUT2D eigenvalue weighted by atomic mass is 19.1. The summed E-state index contributed by atoms with van der Waals surface area (Å²) in [4.78, 5) is 48.0. The molecule has 0 atom stereocenters. The molecule has 4 aromatic rings. The molecular weight excluding hydrogens is 788 g/mol. The topological polar surface area (TPSA) is 124 Å². The normalized spacial score (nSPS) is 11.6. The van der Waals surface area contributed by atoms with Crippen LogP contribution in [0.5, 0.6) is 23.0 Å². The van der Waals surface area contributed by atoms with Crippen LogP contribution in [0.3, 0.4) is 0 Å². The second-order valence-corrected chi connectivity index (χ2v) is 13.9. The van der Waals surface area contributed by atoms with E-state index in [4.69, 9.17) is 28.4 Å². The highest BCUT2D eigenvalue weighted by molar-refractivity contribution is 5.93. The maximum Gasteiger partial charge on any atom is 0.366 e. The van der Waals surface area contributed by atoms with Gasteiger partial charge in [-0.1, -0.05) is 32.2 Å². The summed E-state index contributed by atoms with van der Waals surface area (Å²) in [6.07, 6.45) is 5.31. The first-order valence-electron chi connectivity index (χ1n) is 19.4. The molecule has 14 heteroatoms. The number of hydrogen-bond donors (Lipinski definition) is 0. The lowest BCUT2D eigenvalue weighted by atomic mass is 9.99. The van der Waals surface area contributed by atoms with Gasteiger partial charge in [0.2, 0.25) is 11.7 Å². The molecule has 0 aliphatic heterocycles. The summed E-state index contributed by atoms with van der Waals surface area (Å²) in [5, 5.41) is 0. The van der Waals surface area contributed by atoms with Gasteiger partial charge in [-0.05, 0) is 122 Å². The Bertz CT molecular complexity index is 2080. The molecular formula is C46H44F4O10. The van der Waals surface area contributed by atoms with Crippen LogP contribution in [0.25, 0.3) is 11.1 Å². The standard InChI is InChI=1S/C46H44F4O10/c1-28-39-24-33(59-45(53)37-18-12-31(26-41(37)49)55-20-8-4-6-10-22-57-43(51)29(2)47)14-16-35(39)36-17-15-34(25-40(28)36)60-46(54)38-19-13-32(27-42(38)50)56-21-9-5-7-11-23-58-44(52)30(3)48/h12-19,24-28H,2-11,20-23H2,1H3. The summed E-state index contributed by atoms with van der Waals surface area (Å²) in [5.41, 5.74) is 2.88. The largest absolute Gasteiger partial charge is 0.493 e. The van der Waals surface area contributed by atoms with Gasteiger partial charge < -0.3 is 28.4 Å². The van der Waals surface area contributed by atoms with E-state index in [1.165, 1.54) is 24.3 Å². The van der Waals surface area contributed by atoms with Gasteiger partial charge in [0.1, 0.15) is 34.6 Å². The van der Waals surface area contributed by atoms with Gasteiger partial charge in [0.25, 0.3) is 0 Å². The minimum absolute atomic E-state index is 0.0855. The van der Waals surface area contributed by atoms with E-state index in [0.29, 0.717) is 51.7 Å². The SMILES string of the molecule is C=C(F)C(=O)OCCCCCCOc1ccc(C(=O)Oc2ccc3c(c2)C(C)c2cc(OC(=O)c4ccc(OCCCCCCOC(=O)C(=C)F)cc4F)ccc2-3)c(F)c1. The zero-order chi connectivity index (χ0) is 43.2. The van der Waals surface area contributed by atoms with Gasteiger partial charge in [0, 0.05) is 18.1 Å². The lowest BCUT2D eigenvalue weighted by molar-refractivity contribution is -0.141. The van der Waals surface area contributed by atoms with Crippen LogP contribution in [0.2, 0.25) is 0 Å². The minimum Gasteiger partial charge on any atom is -0.493 e. The fourth-order valence-electron chi connectivity index (χ4n) is 6.39. The number of rotatable bonds is 22. The molecule has 1 aliphatic carbocycles. The van der Waals surface area contributed by atoms with E-state index in [1.54, 1.807) is 36.4 Å². The molecule has 0 bridgehead atoms. The maximum absolute atomic E-state index is 15.0. The zero-order valence-corrected chi connectivity index (χ0v) is 33.0. The fourth-order valence-corrected chi connectivity index (χ4v) is 6.39. The van der Waals surface area contributed by atoms with Crippen molar-refractivity contribution in [2.45, 2.75) is 64.2 Å². The monoisotopic (exact) mass is 832 g/mol. The van der Waals surface area contributed by atoms with E-state index in [1.807, 2.05) is 6.92 Å². The van der Waals surface area contributed by atoms with Crippen LogP contribution in [0, 0.1) is 11.6 Å². The number of halogens is 4. The molecule has 10 nitrogen and oxygen atoms in total. The zero-order valence-electron chi connectivity index (χ0n) is 33.0. The van der Waals surface area contributed by atoms with Gasteiger partial charge in [0.05, 0.1) is 37.6 Å². The first kappa shape index (κ1) is 44.7. The van der Waals surface area contributed by atoms with Gasteiger partial charge in [0.15, 0.2) is 0 Å². The molecule has 0 saturated heterocycles. The second-order valence-electron chi connectivity index (χ2n) is 13.9. The Morgan fingerprint density at radius 2 is 0.883 bits per heavy atom. The van der Waals surface area contributed by atoms with Crippen molar-refractivity contribution in [1.29, 1.82) is 0 Å². The minimum atomic E-state index is -1.14. The highest BCUT2D eigenvalue weighted by Crippen LogP contribution is 2.47. The quantitative estimate of drug-likeness (QED) is 0.0248. The molecule has 0 amide bonds. The molecule has 0 radical (unpaired) electrons. The molecule has 4 aromatic carbocycles. The van der Waals surface area contributed by atoms with Crippen molar-refractivity contribution in [2.75, 3.05) is 26.4 Å². The number of ether oxygens (including phenoxy) is 6. The number of carbonyl (C=O) groups is 4. The van der Waals surface area contributed by atoms with Crippen LogP contribution in [0.15, 0.2) is 97.6 Å². The summed E-state index contributed by atoms with van der Waals surface area (Å²) >= 11 is 0. The Morgan fingerprint density at radius 1 is 0.517 bits per heavy atom. The van der Waals surface area contributed by atoms with Crippen LogP contribution < -0.4 is 18.9 Å².